The van der Waals surface area contributed by atoms with Crippen LogP contribution >= 0.6 is 23.2 Å². The summed E-state index contributed by atoms with van der Waals surface area (Å²) < 4.78 is 0. The van der Waals surface area contributed by atoms with Crippen LogP contribution in [0.15, 0.2) is 18.2 Å². The Labute approximate surface area is 121 Å². The highest BCUT2D eigenvalue weighted by atomic mass is 35.5. The molecule has 1 unspecified atom stereocenters. The van der Waals surface area contributed by atoms with E-state index in [0.717, 1.165) is 23.6 Å². The minimum Gasteiger partial charge on any atom is -0.369 e. The molecule has 3 heteroatoms. The minimum absolute atomic E-state index is 0.509. The van der Waals surface area contributed by atoms with Crippen molar-refractivity contribution in [1.82, 2.24) is 0 Å². The summed E-state index contributed by atoms with van der Waals surface area (Å²) in [6, 6.07) is 6.56. The third-order valence-corrected chi connectivity index (χ3v) is 3.89. The zero-order chi connectivity index (χ0) is 13.5. The molecule has 0 radical (unpaired) electrons. The fraction of sp³-hybridized carbons (Fsp3) is 0.600. The van der Waals surface area contributed by atoms with Crippen LogP contribution in [0.25, 0.3) is 0 Å². The molecule has 18 heavy (non-hydrogen) atoms. The van der Waals surface area contributed by atoms with E-state index in [2.05, 4.69) is 31.7 Å². The molecule has 1 aromatic rings. The van der Waals surface area contributed by atoms with Gasteiger partial charge in [-0.3, -0.25) is 0 Å². The molecule has 1 nitrogen and oxygen atoms in total. The molecular formula is C15H23Cl2N. The maximum absolute atomic E-state index is 6.04. The molecule has 0 saturated carbocycles. The first-order chi connectivity index (χ1) is 8.63. The molecule has 0 N–H and O–H groups in total. The van der Waals surface area contributed by atoms with E-state index in [1.54, 1.807) is 0 Å². The van der Waals surface area contributed by atoms with Gasteiger partial charge in [0, 0.05) is 29.2 Å². The van der Waals surface area contributed by atoms with Crippen LogP contribution in [0.3, 0.4) is 0 Å². The lowest BCUT2D eigenvalue weighted by atomic mass is 10.1. The first-order valence-electron chi connectivity index (χ1n) is 6.75. The molecular weight excluding hydrogens is 265 g/mol. The zero-order valence-corrected chi connectivity index (χ0v) is 13.1. The van der Waals surface area contributed by atoms with Crippen LogP contribution in [0.5, 0.6) is 0 Å². The third-order valence-electron chi connectivity index (χ3n) is 3.37. The number of anilines is 1. The van der Waals surface area contributed by atoms with Crippen molar-refractivity contribution in [3.63, 3.8) is 0 Å². The van der Waals surface area contributed by atoms with Crippen molar-refractivity contribution in [1.29, 1.82) is 0 Å². The molecule has 0 aromatic heterocycles. The normalized spacial score (nSPS) is 12.5. The number of benzene rings is 1. The van der Waals surface area contributed by atoms with E-state index in [4.69, 9.17) is 23.2 Å². The molecule has 0 bridgehead atoms. The average Bonchev–Trinajstić information content (AvgIpc) is 2.39. The fourth-order valence-electron chi connectivity index (χ4n) is 2.07. The van der Waals surface area contributed by atoms with Gasteiger partial charge in [0.2, 0.25) is 0 Å². The molecule has 0 fully saturated rings. The maximum Gasteiger partial charge on any atom is 0.0495 e. The van der Waals surface area contributed by atoms with E-state index < -0.39 is 0 Å². The fourth-order valence-corrected chi connectivity index (χ4v) is 2.48. The topological polar surface area (TPSA) is 3.24 Å². The molecule has 102 valence electrons. The highest BCUT2D eigenvalue weighted by Gasteiger charge is 2.15. The summed E-state index contributed by atoms with van der Waals surface area (Å²) in [6.07, 6.45) is 3.54. The second kappa shape index (κ2) is 7.91. The molecule has 1 atom stereocenters. The van der Waals surface area contributed by atoms with Crippen LogP contribution < -0.4 is 4.90 Å². The van der Waals surface area contributed by atoms with Gasteiger partial charge in [-0.05, 0) is 43.5 Å². The average molecular weight is 288 g/mol. The molecule has 0 amide bonds. The number of alkyl halides is 1. The number of hydrogen-bond acceptors (Lipinski definition) is 1. The highest BCUT2D eigenvalue weighted by Crippen LogP contribution is 2.28. The summed E-state index contributed by atoms with van der Waals surface area (Å²) in [5.74, 6) is 0.509. The van der Waals surface area contributed by atoms with Crippen LogP contribution in [0.1, 0.15) is 45.6 Å². The first-order valence-corrected chi connectivity index (χ1v) is 7.66. The van der Waals surface area contributed by atoms with Gasteiger partial charge in [0.05, 0.1) is 0 Å². The second-order valence-electron chi connectivity index (χ2n) is 4.71. The highest BCUT2D eigenvalue weighted by molar-refractivity contribution is 6.30. The van der Waals surface area contributed by atoms with Gasteiger partial charge in [-0.15, -0.1) is 11.6 Å². The Bertz CT molecular complexity index is 366. The lowest BCUT2D eigenvalue weighted by Crippen LogP contribution is -2.34. The molecule has 0 aliphatic carbocycles. The summed E-state index contributed by atoms with van der Waals surface area (Å²) >= 11 is 12.1. The van der Waals surface area contributed by atoms with Crippen LogP contribution in [0.2, 0.25) is 5.02 Å². The van der Waals surface area contributed by atoms with E-state index in [1.807, 2.05) is 12.1 Å². The number of unbranched alkanes of at least 4 members (excludes halogenated alkanes) is 1. The summed E-state index contributed by atoms with van der Waals surface area (Å²) in [7, 11) is 0. The Morgan fingerprint density at radius 1 is 1.28 bits per heavy atom. The molecule has 1 aromatic carbocycles. The Morgan fingerprint density at radius 2 is 2.00 bits per heavy atom. The Morgan fingerprint density at radius 3 is 2.56 bits per heavy atom. The van der Waals surface area contributed by atoms with Crippen molar-refractivity contribution >= 4 is 28.9 Å². The summed E-state index contributed by atoms with van der Waals surface area (Å²) in [6.45, 7) is 7.79. The van der Waals surface area contributed by atoms with Crippen LogP contribution in [0.4, 0.5) is 5.69 Å². The molecule has 0 aliphatic heterocycles. The van der Waals surface area contributed by atoms with Gasteiger partial charge in [-0.2, -0.15) is 0 Å². The Balaban J connectivity index is 3.03. The van der Waals surface area contributed by atoms with Gasteiger partial charge >= 0.3 is 0 Å². The van der Waals surface area contributed by atoms with Gasteiger partial charge < -0.3 is 4.90 Å². The van der Waals surface area contributed by atoms with E-state index in [9.17, 15) is 0 Å². The number of hydrogen-bond donors (Lipinski definition) is 0. The standard InChI is InChI=1S/C15H23Cl2N/c1-4-6-9-18(12(3)5-2)15-8-7-14(17)10-13(15)11-16/h7-8,10,12H,4-6,9,11H2,1-3H3. The molecule has 0 aliphatic rings. The van der Waals surface area contributed by atoms with Gasteiger partial charge in [-0.25, -0.2) is 0 Å². The van der Waals surface area contributed by atoms with Gasteiger partial charge in [-0.1, -0.05) is 31.9 Å². The number of halogens is 2. The number of nitrogens with zero attached hydrogens (tertiary/aromatic N) is 1. The van der Waals surface area contributed by atoms with E-state index >= 15 is 0 Å². The summed E-state index contributed by atoms with van der Waals surface area (Å²) in [4.78, 5) is 2.46. The SMILES string of the molecule is CCCCN(c1ccc(Cl)cc1CCl)C(C)CC. The van der Waals surface area contributed by atoms with Crippen LogP contribution in [-0.4, -0.2) is 12.6 Å². The molecule has 0 spiro atoms. The van der Waals surface area contributed by atoms with Crippen molar-refractivity contribution in [2.24, 2.45) is 0 Å². The monoisotopic (exact) mass is 287 g/mol. The largest absolute Gasteiger partial charge is 0.369 e. The third kappa shape index (κ3) is 4.07. The van der Waals surface area contributed by atoms with Crippen molar-refractivity contribution < 1.29 is 0 Å². The molecule has 1 rings (SSSR count). The van der Waals surface area contributed by atoms with E-state index in [0.29, 0.717) is 11.9 Å². The van der Waals surface area contributed by atoms with Gasteiger partial charge in [0.25, 0.3) is 0 Å². The smallest absolute Gasteiger partial charge is 0.0495 e. The molecule has 0 heterocycles. The summed E-state index contributed by atoms with van der Waals surface area (Å²) in [5, 5.41) is 0.758. The van der Waals surface area contributed by atoms with E-state index in [-0.39, 0.29) is 0 Å². The van der Waals surface area contributed by atoms with Gasteiger partial charge in [0.15, 0.2) is 0 Å². The predicted octanol–water partition coefficient (Wildman–Crippen LogP) is 5.48. The Kier molecular flexibility index (Phi) is 6.88. The quantitative estimate of drug-likeness (QED) is 0.600. The lowest BCUT2D eigenvalue weighted by Gasteiger charge is -2.32. The Hall–Kier alpha value is -0.400. The number of rotatable bonds is 7. The van der Waals surface area contributed by atoms with Gasteiger partial charge in [0.1, 0.15) is 0 Å². The van der Waals surface area contributed by atoms with Crippen LogP contribution in [-0.2, 0) is 5.88 Å². The first kappa shape index (κ1) is 15.7. The van der Waals surface area contributed by atoms with E-state index in [1.165, 1.54) is 18.5 Å². The lowest BCUT2D eigenvalue weighted by molar-refractivity contribution is 0.594. The second-order valence-corrected chi connectivity index (χ2v) is 5.41. The molecule has 0 saturated heterocycles. The summed E-state index contributed by atoms with van der Waals surface area (Å²) in [5.41, 5.74) is 2.36. The van der Waals surface area contributed by atoms with Crippen molar-refractivity contribution in [2.75, 3.05) is 11.4 Å². The predicted molar refractivity (Wildman–Crippen MR) is 83.0 cm³/mol. The van der Waals surface area contributed by atoms with Crippen molar-refractivity contribution in [3.8, 4) is 0 Å². The van der Waals surface area contributed by atoms with Crippen LogP contribution in [0, 0.1) is 0 Å². The maximum atomic E-state index is 6.04. The minimum atomic E-state index is 0.509. The zero-order valence-electron chi connectivity index (χ0n) is 11.5. The van der Waals surface area contributed by atoms with Crippen molar-refractivity contribution in [3.05, 3.63) is 28.8 Å². The van der Waals surface area contributed by atoms with Crippen molar-refractivity contribution in [2.45, 2.75) is 52.0 Å².